The first-order chi connectivity index (χ1) is 10.7. The highest BCUT2D eigenvalue weighted by Gasteiger charge is 2.12. The van der Waals surface area contributed by atoms with Crippen LogP contribution in [0.15, 0.2) is 66.7 Å². The number of benzene rings is 3. The van der Waals surface area contributed by atoms with Gasteiger partial charge in [-0.05, 0) is 69.1 Å². The second-order valence-electron chi connectivity index (χ2n) is 4.91. The molecule has 0 unspecified atom stereocenters. The van der Waals surface area contributed by atoms with Crippen LogP contribution in [0, 0.1) is 3.57 Å². The average Bonchev–Trinajstić information content (AvgIpc) is 2.57. The molecule has 0 aliphatic carbocycles. The summed E-state index contributed by atoms with van der Waals surface area (Å²) in [5, 5.41) is 0.740. The zero-order valence-electron chi connectivity index (χ0n) is 12.0. The number of halogens is 2. The van der Waals surface area contributed by atoms with Crippen molar-refractivity contribution in [2.75, 3.05) is 7.11 Å². The predicted molar refractivity (Wildman–Crippen MR) is 102 cm³/mol. The summed E-state index contributed by atoms with van der Waals surface area (Å²) in [6.45, 7) is 0. The van der Waals surface area contributed by atoms with Crippen LogP contribution < -0.4 is 4.74 Å². The summed E-state index contributed by atoms with van der Waals surface area (Å²) in [6.07, 6.45) is 0. The van der Waals surface area contributed by atoms with Gasteiger partial charge in [0.05, 0.1) is 10.7 Å². The Morgan fingerprint density at radius 1 is 0.818 bits per heavy atom. The van der Waals surface area contributed by atoms with Crippen LogP contribution in [0.4, 0.5) is 0 Å². The standard InChI is InChI=1S/C19H14ClIO/c1-22-18-12-15(13-7-9-16(20)10-8-13)11-17(19(18)21)14-5-3-2-4-6-14/h2-12H,1H3. The maximum absolute atomic E-state index is 5.98. The maximum Gasteiger partial charge on any atom is 0.133 e. The van der Waals surface area contributed by atoms with Crippen molar-refractivity contribution in [3.63, 3.8) is 0 Å². The van der Waals surface area contributed by atoms with Crippen LogP contribution in [0.2, 0.25) is 5.02 Å². The summed E-state index contributed by atoms with van der Waals surface area (Å²) in [5.41, 5.74) is 4.59. The van der Waals surface area contributed by atoms with Gasteiger partial charge in [-0.2, -0.15) is 0 Å². The number of methoxy groups -OCH3 is 1. The maximum atomic E-state index is 5.98. The largest absolute Gasteiger partial charge is 0.496 e. The number of rotatable bonds is 3. The summed E-state index contributed by atoms with van der Waals surface area (Å²) < 4.78 is 6.67. The van der Waals surface area contributed by atoms with E-state index in [-0.39, 0.29) is 0 Å². The predicted octanol–water partition coefficient (Wildman–Crippen LogP) is 6.29. The van der Waals surface area contributed by atoms with Gasteiger partial charge in [-0.1, -0.05) is 54.1 Å². The van der Waals surface area contributed by atoms with Gasteiger partial charge in [0.15, 0.2) is 0 Å². The third kappa shape index (κ3) is 3.13. The van der Waals surface area contributed by atoms with Gasteiger partial charge in [0.1, 0.15) is 5.75 Å². The third-order valence-electron chi connectivity index (χ3n) is 3.52. The highest BCUT2D eigenvalue weighted by atomic mass is 127. The zero-order chi connectivity index (χ0) is 15.5. The molecule has 0 spiro atoms. The van der Waals surface area contributed by atoms with Crippen LogP contribution in [-0.2, 0) is 0 Å². The SMILES string of the molecule is COc1cc(-c2ccc(Cl)cc2)cc(-c2ccccc2)c1I. The average molecular weight is 421 g/mol. The lowest BCUT2D eigenvalue weighted by Gasteiger charge is -2.13. The fourth-order valence-electron chi connectivity index (χ4n) is 2.38. The molecule has 0 fully saturated rings. The third-order valence-corrected chi connectivity index (χ3v) is 4.89. The molecule has 0 aliphatic rings. The number of hydrogen-bond donors (Lipinski definition) is 0. The van der Waals surface area contributed by atoms with Crippen molar-refractivity contribution in [1.82, 2.24) is 0 Å². The molecule has 0 N–H and O–H groups in total. The van der Waals surface area contributed by atoms with Crippen molar-refractivity contribution in [2.24, 2.45) is 0 Å². The fraction of sp³-hybridized carbons (Fsp3) is 0.0526. The molecule has 0 aliphatic heterocycles. The minimum Gasteiger partial charge on any atom is -0.496 e. The molecule has 0 heterocycles. The molecule has 0 atom stereocenters. The van der Waals surface area contributed by atoms with Crippen molar-refractivity contribution in [2.45, 2.75) is 0 Å². The highest BCUT2D eigenvalue weighted by molar-refractivity contribution is 14.1. The van der Waals surface area contributed by atoms with Gasteiger partial charge in [0, 0.05) is 5.02 Å². The first kappa shape index (κ1) is 15.4. The highest BCUT2D eigenvalue weighted by Crippen LogP contribution is 2.37. The van der Waals surface area contributed by atoms with E-state index in [4.69, 9.17) is 16.3 Å². The molecule has 3 rings (SSSR count). The monoisotopic (exact) mass is 420 g/mol. The van der Waals surface area contributed by atoms with E-state index in [1.807, 2.05) is 42.5 Å². The summed E-state index contributed by atoms with van der Waals surface area (Å²) in [5.74, 6) is 0.881. The second kappa shape index (κ2) is 6.71. The van der Waals surface area contributed by atoms with Crippen LogP contribution in [0.25, 0.3) is 22.3 Å². The smallest absolute Gasteiger partial charge is 0.133 e. The quantitative estimate of drug-likeness (QED) is 0.453. The molecule has 0 radical (unpaired) electrons. The lowest BCUT2D eigenvalue weighted by molar-refractivity contribution is 0.412. The minimum absolute atomic E-state index is 0.740. The van der Waals surface area contributed by atoms with Crippen molar-refractivity contribution in [3.8, 4) is 28.0 Å². The van der Waals surface area contributed by atoms with Gasteiger partial charge in [-0.3, -0.25) is 0 Å². The first-order valence-electron chi connectivity index (χ1n) is 6.88. The molecule has 3 heteroatoms. The summed E-state index contributed by atoms with van der Waals surface area (Å²) in [7, 11) is 1.71. The van der Waals surface area contributed by atoms with Crippen LogP contribution in [0.5, 0.6) is 5.75 Å². The van der Waals surface area contributed by atoms with Crippen molar-refractivity contribution < 1.29 is 4.74 Å². The fourth-order valence-corrected chi connectivity index (χ4v) is 3.35. The van der Waals surface area contributed by atoms with Crippen LogP contribution >= 0.6 is 34.2 Å². The molecule has 1 nitrogen and oxygen atoms in total. The Bertz CT molecular complexity index is 783. The van der Waals surface area contributed by atoms with Crippen LogP contribution in [-0.4, -0.2) is 7.11 Å². The number of hydrogen-bond acceptors (Lipinski definition) is 1. The second-order valence-corrected chi connectivity index (χ2v) is 6.43. The molecule has 22 heavy (non-hydrogen) atoms. The zero-order valence-corrected chi connectivity index (χ0v) is 14.9. The van der Waals surface area contributed by atoms with E-state index >= 15 is 0 Å². The molecule has 0 aromatic heterocycles. The Hall–Kier alpha value is -1.52. The molecular formula is C19H14ClIO. The van der Waals surface area contributed by atoms with Gasteiger partial charge in [-0.15, -0.1) is 0 Å². The van der Waals surface area contributed by atoms with E-state index in [0.717, 1.165) is 25.5 Å². The Kier molecular flexibility index (Phi) is 4.69. The van der Waals surface area contributed by atoms with E-state index in [1.165, 1.54) is 11.1 Å². The topological polar surface area (TPSA) is 9.23 Å². The Morgan fingerprint density at radius 2 is 1.50 bits per heavy atom. The van der Waals surface area contributed by atoms with E-state index in [2.05, 4.69) is 46.9 Å². The van der Waals surface area contributed by atoms with Gasteiger partial charge in [0.2, 0.25) is 0 Å². The molecule has 0 saturated carbocycles. The van der Waals surface area contributed by atoms with E-state index in [1.54, 1.807) is 7.11 Å². The molecule has 3 aromatic rings. The van der Waals surface area contributed by atoms with Crippen molar-refractivity contribution in [1.29, 1.82) is 0 Å². The lowest BCUT2D eigenvalue weighted by Crippen LogP contribution is -1.92. The normalized spacial score (nSPS) is 10.5. The summed E-state index contributed by atoms with van der Waals surface area (Å²) >= 11 is 8.32. The molecule has 0 amide bonds. The lowest BCUT2D eigenvalue weighted by atomic mass is 9.98. The van der Waals surface area contributed by atoms with Gasteiger partial charge >= 0.3 is 0 Å². The number of ether oxygens (including phenoxy) is 1. The van der Waals surface area contributed by atoms with Crippen molar-refractivity contribution >= 4 is 34.2 Å². The van der Waals surface area contributed by atoms with Gasteiger partial charge < -0.3 is 4.74 Å². The molecular weight excluding hydrogens is 407 g/mol. The molecule has 0 bridgehead atoms. The minimum atomic E-state index is 0.740. The molecule has 3 aromatic carbocycles. The van der Waals surface area contributed by atoms with Gasteiger partial charge in [-0.25, -0.2) is 0 Å². The Morgan fingerprint density at radius 3 is 2.14 bits per heavy atom. The first-order valence-corrected chi connectivity index (χ1v) is 8.33. The Balaban J connectivity index is 2.18. The van der Waals surface area contributed by atoms with Crippen LogP contribution in [0.1, 0.15) is 0 Å². The summed E-state index contributed by atoms with van der Waals surface area (Å²) in [6, 6.07) is 22.5. The van der Waals surface area contributed by atoms with Crippen molar-refractivity contribution in [3.05, 3.63) is 75.3 Å². The molecule has 0 saturated heterocycles. The van der Waals surface area contributed by atoms with Crippen LogP contribution in [0.3, 0.4) is 0 Å². The Labute approximate surface area is 149 Å². The molecule has 110 valence electrons. The summed E-state index contributed by atoms with van der Waals surface area (Å²) in [4.78, 5) is 0. The van der Waals surface area contributed by atoms with Gasteiger partial charge in [0.25, 0.3) is 0 Å². The van der Waals surface area contributed by atoms with E-state index < -0.39 is 0 Å². The van der Waals surface area contributed by atoms with E-state index in [0.29, 0.717) is 0 Å². The van der Waals surface area contributed by atoms with E-state index in [9.17, 15) is 0 Å².